The minimum atomic E-state index is -0.817. The number of amides is 3. The monoisotopic (exact) mass is 341 g/mol. The van der Waals surface area contributed by atoms with Crippen LogP contribution in [0.15, 0.2) is 42.5 Å². The van der Waals surface area contributed by atoms with E-state index in [9.17, 15) is 9.59 Å². The highest BCUT2D eigenvalue weighted by Gasteiger charge is 2.17. The maximum atomic E-state index is 11.7. The number of nitrogens with zero attached hydrogens (tertiary/aromatic N) is 1. The van der Waals surface area contributed by atoms with Crippen molar-refractivity contribution in [3.05, 3.63) is 48.0 Å². The molecule has 2 aromatic carbocycles. The summed E-state index contributed by atoms with van der Waals surface area (Å²) in [5.74, 6) is -0.559. The van der Waals surface area contributed by atoms with Gasteiger partial charge in [0.1, 0.15) is 5.82 Å². The van der Waals surface area contributed by atoms with Crippen molar-refractivity contribution in [1.82, 2.24) is 4.98 Å². The number of benzene rings is 2. The van der Waals surface area contributed by atoms with Crippen LogP contribution >= 0.6 is 0 Å². The number of carbonyl (C=O) groups excluding carboxylic acids is 2. The fraction of sp³-hybridized carbons (Fsp3) is 0. The smallest absolute Gasteiger partial charge is 0.317 e. The zero-order chi connectivity index (χ0) is 18.1. The Bertz CT molecular complexity index is 963. The number of hydrogen-bond donors (Lipinski definition) is 6. The van der Waals surface area contributed by atoms with Gasteiger partial charge in [-0.05, 0) is 29.3 Å². The molecule has 3 amide bonds. The zero-order valence-electron chi connectivity index (χ0n) is 12.9. The molecule has 8 N–H and O–H groups in total. The summed E-state index contributed by atoms with van der Waals surface area (Å²) in [7, 11) is 0. The molecule has 0 aliphatic heterocycles. The van der Waals surface area contributed by atoms with Crippen LogP contribution < -0.4 is 22.0 Å². The molecule has 0 unspecified atom stereocenters. The molecule has 1 aromatic heterocycles. The van der Waals surface area contributed by atoms with Gasteiger partial charge in [0.15, 0.2) is 0 Å². The number of nitrogens with two attached hydrogens (primary N) is 2. The molecular weight excluding hydrogens is 326 g/mol. The van der Waals surface area contributed by atoms with E-state index >= 15 is 0 Å². The van der Waals surface area contributed by atoms with Gasteiger partial charge in [-0.3, -0.25) is 20.5 Å². The lowest BCUT2D eigenvalue weighted by Crippen LogP contribution is -2.22. The molecule has 9 nitrogen and oxygen atoms in total. The van der Waals surface area contributed by atoms with Gasteiger partial charge in [-0.2, -0.15) is 0 Å². The number of nitrogens with one attached hydrogen (secondary N) is 2. The molecular formula is C16H15N5O4. The Hall–Kier alpha value is -3.56. The average Bonchev–Trinajstić information content (AvgIpc) is 2.91. The summed E-state index contributed by atoms with van der Waals surface area (Å²) >= 11 is 0. The molecule has 0 fully saturated rings. The Morgan fingerprint density at radius 2 is 1.64 bits per heavy atom. The number of H-pyrrole nitrogens is 1. The summed E-state index contributed by atoms with van der Waals surface area (Å²) in [6.45, 7) is 0. The molecule has 0 radical (unpaired) electrons. The quantitative estimate of drug-likeness (QED) is 0.400. The second kappa shape index (κ2) is 6.15. The number of fused-ring (bicyclic) bond motifs is 1. The Kier molecular flexibility index (Phi) is 4.01. The van der Waals surface area contributed by atoms with E-state index in [-0.39, 0.29) is 22.3 Å². The largest absolute Gasteiger partial charge is 0.365 e. The van der Waals surface area contributed by atoms with Crippen molar-refractivity contribution in [1.29, 1.82) is 0 Å². The van der Waals surface area contributed by atoms with E-state index in [4.69, 9.17) is 21.9 Å². The Labute approximate surface area is 141 Å². The third-order valence-corrected chi connectivity index (χ3v) is 3.72. The van der Waals surface area contributed by atoms with Gasteiger partial charge < -0.3 is 16.5 Å². The molecule has 0 bridgehead atoms. The summed E-state index contributed by atoms with van der Waals surface area (Å²) < 4.78 is 0. The zero-order valence-corrected chi connectivity index (χ0v) is 12.9. The standard InChI is InChI=1S/C16H15N5O4/c17-14(22)13-11-6-3-9(7-12(11)19-15(13)20-16(18)23)8-1-4-10(5-2-8)21(24)25/h1-7,19,24-25H,(H2,17,22)(H3,18,20,23). The van der Waals surface area contributed by atoms with E-state index in [0.717, 1.165) is 11.1 Å². The summed E-state index contributed by atoms with van der Waals surface area (Å²) in [6, 6.07) is 10.9. The molecule has 3 rings (SSSR count). The minimum absolute atomic E-state index is 0.0266. The summed E-state index contributed by atoms with van der Waals surface area (Å²) in [5.41, 5.74) is 13.1. The Morgan fingerprint density at radius 3 is 2.20 bits per heavy atom. The van der Waals surface area contributed by atoms with Gasteiger partial charge in [0.25, 0.3) is 5.91 Å². The lowest BCUT2D eigenvalue weighted by Gasteiger charge is -2.08. The highest BCUT2D eigenvalue weighted by Crippen LogP contribution is 2.30. The molecule has 1 heterocycles. The van der Waals surface area contributed by atoms with Crippen LogP contribution in [-0.4, -0.2) is 27.3 Å². The van der Waals surface area contributed by atoms with Crippen LogP contribution in [0.4, 0.5) is 16.3 Å². The predicted octanol–water partition coefficient (Wildman–Crippen LogP) is 2.01. The van der Waals surface area contributed by atoms with Gasteiger partial charge in [-0.1, -0.05) is 24.3 Å². The number of aromatic amines is 1. The maximum absolute atomic E-state index is 11.7. The van der Waals surface area contributed by atoms with Crippen LogP contribution in [-0.2, 0) is 0 Å². The van der Waals surface area contributed by atoms with Crippen molar-refractivity contribution in [3.8, 4) is 11.1 Å². The number of aromatic nitrogens is 1. The highest BCUT2D eigenvalue weighted by molar-refractivity contribution is 6.13. The topological polar surface area (TPSA) is 158 Å². The van der Waals surface area contributed by atoms with Gasteiger partial charge in [-0.25, -0.2) is 4.79 Å². The molecule has 0 spiro atoms. The molecule has 128 valence electrons. The molecule has 0 saturated carbocycles. The van der Waals surface area contributed by atoms with Crippen LogP contribution in [0, 0.1) is 0 Å². The minimum Gasteiger partial charge on any atom is -0.365 e. The lowest BCUT2D eigenvalue weighted by molar-refractivity contribution is 0.0291. The van der Waals surface area contributed by atoms with Gasteiger partial charge in [0.2, 0.25) is 0 Å². The fourth-order valence-corrected chi connectivity index (χ4v) is 2.64. The van der Waals surface area contributed by atoms with Crippen molar-refractivity contribution >= 4 is 34.3 Å². The van der Waals surface area contributed by atoms with E-state index in [1.165, 1.54) is 12.1 Å². The SMILES string of the molecule is NC(=O)Nc1[nH]c2cc(-c3ccc(N(O)O)cc3)ccc2c1C(N)=O. The average molecular weight is 341 g/mol. The van der Waals surface area contributed by atoms with Crippen molar-refractivity contribution < 1.29 is 20.0 Å². The molecule has 25 heavy (non-hydrogen) atoms. The number of primary amides is 2. The van der Waals surface area contributed by atoms with Crippen LogP contribution in [0.3, 0.4) is 0 Å². The summed E-state index contributed by atoms with van der Waals surface area (Å²) in [5, 5.41) is 20.9. The van der Waals surface area contributed by atoms with E-state index in [1.54, 1.807) is 30.3 Å². The van der Waals surface area contributed by atoms with Crippen molar-refractivity contribution in [2.45, 2.75) is 0 Å². The number of rotatable bonds is 4. The Balaban J connectivity index is 2.08. The first-order valence-corrected chi connectivity index (χ1v) is 7.17. The van der Waals surface area contributed by atoms with E-state index in [0.29, 0.717) is 10.9 Å². The van der Waals surface area contributed by atoms with Crippen molar-refractivity contribution in [2.75, 3.05) is 10.5 Å². The van der Waals surface area contributed by atoms with E-state index in [1.807, 2.05) is 0 Å². The first-order chi connectivity index (χ1) is 11.9. The summed E-state index contributed by atoms with van der Waals surface area (Å²) in [4.78, 5) is 25.7. The first-order valence-electron chi connectivity index (χ1n) is 7.17. The molecule has 0 saturated heterocycles. The van der Waals surface area contributed by atoms with E-state index < -0.39 is 11.9 Å². The molecule has 0 atom stereocenters. The van der Waals surface area contributed by atoms with Crippen LogP contribution in [0.5, 0.6) is 0 Å². The third-order valence-electron chi connectivity index (χ3n) is 3.72. The predicted molar refractivity (Wildman–Crippen MR) is 91.5 cm³/mol. The third kappa shape index (κ3) is 3.09. The van der Waals surface area contributed by atoms with E-state index in [2.05, 4.69) is 10.3 Å². The highest BCUT2D eigenvalue weighted by atomic mass is 16.8. The number of urea groups is 1. The normalized spacial score (nSPS) is 10.6. The lowest BCUT2D eigenvalue weighted by atomic mass is 10.0. The van der Waals surface area contributed by atoms with Gasteiger partial charge in [0.05, 0.1) is 11.3 Å². The van der Waals surface area contributed by atoms with Gasteiger partial charge >= 0.3 is 6.03 Å². The Morgan fingerprint density at radius 1 is 1.00 bits per heavy atom. The second-order valence-electron chi connectivity index (χ2n) is 5.33. The fourth-order valence-electron chi connectivity index (χ4n) is 2.64. The summed E-state index contributed by atoms with van der Waals surface area (Å²) in [6.07, 6.45) is 0. The van der Waals surface area contributed by atoms with Crippen LogP contribution in [0.2, 0.25) is 0 Å². The molecule has 0 aliphatic carbocycles. The molecule has 3 aromatic rings. The molecule has 9 heteroatoms. The first kappa shape index (κ1) is 16.3. The van der Waals surface area contributed by atoms with Gasteiger partial charge in [0, 0.05) is 10.9 Å². The van der Waals surface area contributed by atoms with Crippen LogP contribution in [0.1, 0.15) is 10.4 Å². The number of hydrogen-bond acceptors (Lipinski definition) is 5. The molecule has 0 aliphatic rings. The number of carbonyl (C=O) groups is 2. The number of anilines is 2. The van der Waals surface area contributed by atoms with Crippen molar-refractivity contribution in [2.24, 2.45) is 11.5 Å². The van der Waals surface area contributed by atoms with Crippen LogP contribution in [0.25, 0.3) is 22.0 Å². The van der Waals surface area contributed by atoms with Crippen molar-refractivity contribution in [3.63, 3.8) is 0 Å². The van der Waals surface area contributed by atoms with Gasteiger partial charge in [-0.15, -0.1) is 5.23 Å². The second-order valence-corrected chi connectivity index (χ2v) is 5.33. The maximum Gasteiger partial charge on any atom is 0.317 e.